The molecule has 0 aromatic heterocycles. The molecule has 0 rings (SSSR count). The van der Waals surface area contributed by atoms with Crippen LogP contribution in [-0.2, 0) is 9.47 Å². The first kappa shape index (κ1) is 12.1. The molecule has 0 heterocycles. The van der Waals surface area contributed by atoms with Gasteiger partial charge in [-0.25, -0.2) is 13.6 Å². The number of hydrogen-bond donors (Lipinski definition) is 0. The van der Waals surface area contributed by atoms with Gasteiger partial charge in [-0.2, -0.15) is 4.39 Å². The molecule has 0 amide bonds. The first-order chi connectivity index (χ1) is 5.72. The van der Waals surface area contributed by atoms with Gasteiger partial charge in [0.2, 0.25) is 0 Å². The zero-order chi connectivity index (χ0) is 10.6. The quantitative estimate of drug-likeness (QED) is 0.642. The number of ether oxygens (including phenoxy) is 2. The molecule has 0 aromatic rings. The molecule has 0 aliphatic carbocycles. The molecule has 78 valence electrons. The largest absolute Gasteiger partial charge is 0.511 e. The highest BCUT2D eigenvalue weighted by atomic mass is 19.3. The van der Waals surface area contributed by atoms with Crippen LogP contribution < -0.4 is 0 Å². The Bertz CT molecular complexity index is 176. The third-order valence-corrected chi connectivity index (χ3v) is 0.796. The van der Waals surface area contributed by atoms with Crippen LogP contribution in [0.2, 0.25) is 0 Å². The second kappa shape index (κ2) is 4.34. The summed E-state index contributed by atoms with van der Waals surface area (Å²) in [4.78, 5) is 10.6. The second-order valence-electron chi connectivity index (χ2n) is 3.27. The Hall–Kier alpha value is -0.940. The van der Waals surface area contributed by atoms with E-state index in [-0.39, 0.29) is 0 Å². The number of carbonyl (C=O) groups is 1. The predicted octanol–water partition coefficient (Wildman–Crippen LogP) is 2.50. The van der Waals surface area contributed by atoms with E-state index in [0.29, 0.717) is 0 Å². The summed E-state index contributed by atoms with van der Waals surface area (Å²) in [5.74, 6) is 0. The molecule has 0 bridgehead atoms. The van der Waals surface area contributed by atoms with Crippen LogP contribution in [0, 0.1) is 0 Å². The van der Waals surface area contributed by atoms with Crippen molar-refractivity contribution in [2.24, 2.45) is 0 Å². The molecule has 3 nitrogen and oxygen atoms in total. The van der Waals surface area contributed by atoms with Gasteiger partial charge in [-0.15, -0.1) is 0 Å². The fourth-order valence-corrected chi connectivity index (χ4v) is 0.417. The molecule has 0 spiro atoms. The predicted molar refractivity (Wildman–Crippen MR) is 38.2 cm³/mol. The zero-order valence-corrected chi connectivity index (χ0v) is 7.51. The standard InChI is InChI=1S/C7H11F3O3/c1-7(2,3)13-6(11)12-5(10)4(8)9/h4-5H,1-3H3. The van der Waals surface area contributed by atoms with Crippen molar-refractivity contribution < 1.29 is 27.4 Å². The van der Waals surface area contributed by atoms with Crippen LogP contribution in [0.15, 0.2) is 0 Å². The van der Waals surface area contributed by atoms with Crippen LogP contribution in [0.3, 0.4) is 0 Å². The maximum Gasteiger partial charge on any atom is 0.511 e. The molecule has 1 atom stereocenters. The third-order valence-electron chi connectivity index (χ3n) is 0.796. The maximum atomic E-state index is 12.1. The molecule has 0 aliphatic rings. The van der Waals surface area contributed by atoms with Gasteiger partial charge in [0.25, 0.3) is 0 Å². The smallest absolute Gasteiger partial charge is 0.428 e. The van der Waals surface area contributed by atoms with Gasteiger partial charge in [0, 0.05) is 0 Å². The van der Waals surface area contributed by atoms with Gasteiger partial charge in [-0.05, 0) is 20.8 Å². The second-order valence-corrected chi connectivity index (χ2v) is 3.27. The Morgan fingerprint density at radius 1 is 1.23 bits per heavy atom. The molecule has 0 saturated heterocycles. The molecule has 0 aliphatic heterocycles. The molecule has 0 saturated carbocycles. The molecule has 13 heavy (non-hydrogen) atoms. The van der Waals surface area contributed by atoms with Gasteiger partial charge in [0.1, 0.15) is 5.60 Å². The van der Waals surface area contributed by atoms with Crippen LogP contribution in [-0.4, -0.2) is 24.5 Å². The van der Waals surface area contributed by atoms with Gasteiger partial charge in [-0.3, -0.25) is 0 Å². The Kier molecular flexibility index (Phi) is 4.03. The Labute approximate surface area is 73.8 Å². The van der Waals surface area contributed by atoms with Crippen molar-refractivity contribution in [3.05, 3.63) is 0 Å². The first-order valence-corrected chi connectivity index (χ1v) is 3.54. The number of halogens is 3. The van der Waals surface area contributed by atoms with Gasteiger partial charge in [-0.1, -0.05) is 0 Å². The highest BCUT2D eigenvalue weighted by molar-refractivity contribution is 5.60. The van der Waals surface area contributed by atoms with E-state index >= 15 is 0 Å². The minimum absolute atomic E-state index is 0.890. The minimum atomic E-state index is -3.35. The van der Waals surface area contributed by atoms with Crippen LogP contribution in [0.4, 0.5) is 18.0 Å². The third kappa shape index (κ3) is 6.24. The highest BCUT2D eigenvalue weighted by Gasteiger charge is 2.26. The van der Waals surface area contributed by atoms with E-state index in [1.807, 2.05) is 0 Å². The fraction of sp³-hybridized carbons (Fsp3) is 0.857. The Morgan fingerprint density at radius 2 is 1.69 bits per heavy atom. The number of carbonyl (C=O) groups excluding carboxylic acids is 1. The summed E-state index contributed by atoms with van der Waals surface area (Å²) in [7, 11) is 0. The van der Waals surface area contributed by atoms with Crippen molar-refractivity contribution in [1.29, 1.82) is 0 Å². The van der Waals surface area contributed by atoms with Crippen molar-refractivity contribution in [2.45, 2.75) is 39.2 Å². The molecular formula is C7H11F3O3. The molecule has 0 aromatic carbocycles. The fourth-order valence-electron chi connectivity index (χ4n) is 0.417. The summed E-state index contributed by atoms with van der Waals surface area (Å²) < 4.78 is 43.1. The maximum absolute atomic E-state index is 12.1. The van der Waals surface area contributed by atoms with Crippen molar-refractivity contribution in [1.82, 2.24) is 0 Å². The van der Waals surface area contributed by atoms with E-state index in [1.165, 1.54) is 20.8 Å². The van der Waals surface area contributed by atoms with Crippen molar-refractivity contribution in [3.63, 3.8) is 0 Å². The molecule has 6 heteroatoms. The summed E-state index contributed by atoms with van der Waals surface area (Å²) in [6.07, 6.45) is -7.73. The van der Waals surface area contributed by atoms with E-state index in [9.17, 15) is 18.0 Å². The summed E-state index contributed by atoms with van der Waals surface area (Å²) >= 11 is 0. The van der Waals surface area contributed by atoms with Gasteiger partial charge in [0.15, 0.2) is 0 Å². The highest BCUT2D eigenvalue weighted by Crippen LogP contribution is 2.12. The van der Waals surface area contributed by atoms with Gasteiger partial charge in [0.05, 0.1) is 0 Å². The topological polar surface area (TPSA) is 35.5 Å². The van der Waals surface area contributed by atoms with Gasteiger partial charge < -0.3 is 9.47 Å². The van der Waals surface area contributed by atoms with E-state index in [0.717, 1.165) is 0 Å². The monoisotopic (exact) mass is 200 g/mol. The van der Waals surface area contributed by atoms with Crippen molar-refractivity contribution in [3.8, 4) is 0 Å². The van der Waals surface area contributed by atoms with E-state index < -0.39 is 24.5 Å². The van der Waals surface area contributed by atoms with E-state index in [1.54, 1.807) is 0 Å². The average molecular weight is 200 g/mol. The minimum Gasteiger partial charge on any atom is -0.428 e. The van der Waals surface area contributed by atoms with Crippen molar-refractivity contribution in [2.75, 3.05) is 0 Å². The summed E-state index contributed by atoms with van der Waals surface area (Å²) in [6.45, 7) is 4.51. The summed E-state index contributed by atoms with van der Waals surface area (Å²) in [6, 6.07) is 0. The van der Waals surface area contributed by atoms with E-state index in [4.69, 9.17) is 0 Å². The van der Waals surface area contributed by atoms with Crippen LogP contribution in [0.1, 0.15) is 20.8 Å². The summed E-state index contributed by atoms with van der Waals surface area (Å²) in [5, 5.41) is 0. The van der Waals surface area contributed by atoms with Crippen LogP contribution in [0.5, 0.6) is 0 Å². The number of rotatable bonds is 2. The lowest BCUT2D eigenvalue weighted by molar-refractivity contribution is -0.121. The van der Waals surface area contributed by atoms with Crippen molar-refractivity contribution >= 4 is 6.16 Å². The number of hydrogen-bond acceptors (Lipinski definition) is 3. The lowest BCUT2D eigenvalue weighted by atomic mass is 10.2. The average Bonchev–Trinajstić information content (AvgIpc) is 1.81. The van der Waals surface area contributed by atoms with E-state index in [2.05, 4.69) is 9.47 Å². The zero-order valence-electron chi connectivity index (χ0n) is 7.51. The number of alkyl halides is 3. The molecular weight excluding hydrogens is 189 g/mol. The molecule has 0 fully saturated rings. The van der Waals surface area contributed by atoms with Crippen LogP contribution >= 0.6 is 0 Å². The van der Waals surface area contributed by atoms with Gasteiger partial charge >= 0.3 is 18.9 Å². The summed E-state index contributed by atoms with van der Waals surface area (Å²) in [5.41, 5.74) is -0.890. The Balaban J connectivity index is 3.89. The SMILES string of the molecule is CC(C)(C)OC(=O)OC(F)C(F)F. The molecule has 1 unspecified atom stereocenters. The normalized spacial score (nSPS) is 14.1. The lowest BCUT2D eigenvalue weighted by Gasteiger charge is -2.19. The molecule has 0 N–H and O–H groups in total. The molecule has 0 radical (unpaired) electrons. The first-order valence-electron chi connectivity index (χ1n) is 3.54. The lowest BCUT2D eigenvalue weighted by Crippen LogP contribution is -2.28. The Morgan fingerprint density at radius 3 is 2.00 bits per heavy atom. The van der Waals surface area contributed by atoms with Crippen LogP contribution in [0.25, 0.3) is 0 Å².